The van der Waals surface area contributed by atoms with Crippen LogP contribution >= 0.6 is 22.7 Å². The molecule has 0 atom stereocenters. The van der Waals surface area contributed by atoms with Crippen LogP contribution < -0.4 is 0 Å². The second-order valence-electron chi connectivity index (χ2n) is 8.53. The van der Waals surface area contributed by atoms with E-state index in [-0.39, 0.29) is 5.56 Å². The van der Waals surface area contributed by atoms with Crippen molar-refractivity contribution in [3.05, 3.63) is 103 Å². The molecule has 0 amide bonds. The fraction of sp³-hybridized carbons (Fsp3) is 0.250. The number of hydrogen-bond donors (Lipinski definition) is 2. The first kappa shape index (κ1) is 25.6. The number of aryl methyl sites for hydroxylation is 1. The molecule has 3 aromatic heterocycles. The summed E-state index contributed by atoms with van der Waals surface area (Å²) in [5.41, 5.74) is 3.09. The molecule has 36 heavy (non-hydrogen) atoms. The van der Waals surface area contributed by atoms with E-state index in [1.807, 2.05) is 47.2 Å². The maximum Gasteiger partial charge on any atom is 0.335 e. The van der Waals surface area contributed by atoms with E-state index in [2.05, 4.69) is 11.5 Å². The summed E-state index contributed by atoms with van der Waals surface area (Å²) in [5, 5.41) is 23.5. The zero-order valence-electron chi connectivity index (χ0n) is 20.0. The number of allylic oxidation sites excluding steroid dienone is 1. The topological polar surface area (TPSA) is 92.4 Å². The lowest BCUT2D eigenvalue weighted by atomic mass is 9.97. The Kier molecular flexibility index (Phi) is 8.51. The summed E-state index contributed by atoms with van der Waals surface area (Å²) in [5.74, 6) is -0.989. The molecular formula is C28H28N2O4S2. The van der Waals surface area contributed by atoms with Gasteiger partial charge in [-0.1, -0.05) is 37.6 Å². The second-order valence-corrected chi connectivity index (χ2v) is 10.6. The van der Waals surface area contributed by atoms with Gasteiger partial charge in [0, 0.05) is 41.1 Å². The Labute approximate surface area is 218 Å². The van der Waals surface area contributed by atoms with Crippen LogP contribution in [0.5, 0.6) is 0 Å². The summed E-state index contributed by atoms with van der Waals surface area (Å²) in [4.78, 5) is 30.7. The SMILES string of the molecule is CCCCc1ncc(/C(Cc2cccs2)=C(/Cc2cccs2)C(=O)O)n1Cc1ccc(C(=O)O)cc1. The number of carboxylic acid groups (broad SMARTS) is 2. The normalized spacial score (nSPS) is 11.9. The Morgan fingerprint density at radius 1 is 0.944 bits per heavy atom. The van der Waals surface area contributed by atoms with Gasteiger partial charge in [-0.25, -0.2) is 14.6 Å². The minimum absolute atomic E-state index is 0.234. The fourth-order valence-corrected chi connectivity index (χ4v) is 5.57. The van der Waals surface area contributed by atoms with Crippen molar-refractivity contribution in [2.75, 3.05) is 0 Å². The minimum Gasteiger partial charge on any atom is -0.478 e. The van der Waals surface area contributed by atoms with Crippen molar-refractivity contribution in [3.8, 4) is 0 Å². The van der Waals surface area contributed by atoms with E-state index in [4.69, 9.17) is 4.98 Å². The number of aromatic carboxylic acids is 1. The third kappa shape index (κ3) is 6.19. The first-order chi connectivity index (χ1) is 17.5. The highest BCUT2D eigenvalue weighted by molar-refractivity contribution is 7.10. The van der Waals surface area contributed by atoms with Gasteiger partial charge in [-0.15, -0.1) is 22.7 Å². The Bertz CT molecular complexity index is 1330. The van der Waals surface area contributed by atoms with Crippen molar-refractivity contribution >= 4 is 40.2 Å². The molecule has 0 saturated heterocycles. The monoisotopic (exact) mass is 520 g/mol. The first-order valence-corrected chi connectivity index (χ1v) is 13.6. The van der Waals surface area contributed by atoms with Crippen molar-refractivity contribution in [1.82, 2.24) is 9.55 Å². The van der Waals surface area contributed by atoms with E-state index in [9.17, 15) is 19.8 Å². The van der Waals surface area contributed by atoms with Crippen molar-refractivity contribution < 1.29 is 19.8 Å². The van der Waals surface area contributed by atoms with Gasteiger partial charge in [-0.3, -0.25) is 0 Å². The molecule has 0 aliphatic carbocycles. The van der Waals surface area contributed by atoms with Crippen LogP contribution in [0.1, 0.15) is 57.0 Å². The number of hydrogen-bond acceptors (Lipinski definition) is 5. The van der Waals surface area contributed by atoms with Gasteiger partial charge in [0.15, 0.2) is 0 Å². The molecule has 6 nitrogen and oxygen atoms in total. The molecule has 2 N–H and O–H groups in total. The second kappa shape index (κ2) is 12.0. The van der Waals surface area contributed by atoms with E-state index >= 15 is 0 Å². The predicted octanol–water partition coefficient (Wildman–Crippen LogP) is 6.42. The molecule has 4 rings (SSSR count). The number of thiophene rings is 2. The van der Waals surface area contributed by atoms with Crippen LogP contribution in [0.2, 0.25) is 0 Å². The number of unbranched alkanes of at least 4 members (excludes halogenated alkanes) is 1. The van der Waals surface area contributed by atoms with E-state index in [1.165, 1.54) is 0 Å². The molecule has 1 aromatic carbocycles. The van der Waals surface area contributed by atoms with Crippen LogP contribution in [-0.4, -0.2) is 31.7 Å². The summed E-state index contributed by atoms with van der Waals surface area (Å²) in [6, 6.07) is 14.7. The van der Waals surface area contributed by atoms with Gasteiger partial charge in [0.2, 0.25) is 0 Å². The van der Waals surface area contributed by atoms with Crippen LogP contribution in [0, 0.1) is 0 Å². The van der Waals surface area contributed by atoms with Crippen LogP contribution in [-0.2, 0) is 30.6 Å². The van der Waals surface area contributed by atoms with Crippen LogP contribution in [0.15, 0.2) is 71.1 Å². The molecule has 0 radical (unpaired) electrons. The number of carbonyl (C=O) groups is 2. The Morgan fingerprint density at radius 3 is 2.17 bits per heavy atom. The maximum atomic E-state index is 12.6. The quantitative estimate of drug-likeness (QED) is 0.210. The average Bonchev–Trinajstić information content (AvgIpc) is 3.63. The molecule has 8 heteroatoms. The fourth-order valence-electron chi connectivity index (χ4n) is 4.14. The van der Waals surface area contributed by atoms with E-state index in [0.717, 1.165) is 51.7 Å². The molecule has 0 aliphatic rings. The molecule has 186 valence electrons. The lowest BCUT2D eigenvalue weighted by Crippen LogP contribution is -2.14. The largest absolute Gasteiger partial charge is 0.478 e. The smallest absolute Gasteiger partial charge is 0.335 e. The highest BCUT2D eigenvalue weighted by Gasteiger charge is 2.23. The number of imidazole rings is 1. The Balaban J connectivity index is 1.83. The van der Waals surface area contributed by atoms with Gasteiger partial charge in [0.05, 0.1) is 17.5 Å². The minimum atomic E-state index is -0.964. The number of aromatic nitrogens is 2. The van der Waals surface area contributed by atoms with Crippen molar-refractivity contribution in [3.63, 3.8) is 0 Å². The molecule has 3 heterocycles. The number of aliphatic carboxylic acids is 1. The zero-order chi connectivity index (χ0) is 25.5. The van der Waals surface area contributed by atoms with Crippen molar-refractivity contribution in [1.29, 1.82) is 0 Å². The number of nitrogens with zero attached hydrogens (tertiary/aromatic N) is 2. The van der Waals surface area contributed by atoms with Crippen LogP contribution in [0.3, 0.4) is 0 Å². The third-order valence-corrected chi connectivity index (χ3v) is 7.78. The lowest BCUT2D eigenvalue weighted by molar-refractivity contribution is -0.132. The number of benzene rings is 1. The number of rotatable bonds is 12. The van der Waals surface area contributed by atoms with Gasteiger partial charge >= 0.3 is 11.9 Å². The number of carboxylic acids is 2. The maximum absolute atomic E-state index is 12.6. The standard InChI is InChI=1S/C28H28N2O4S2/c1-2-3-8-26-29-17-25(30(26)18-19-9-11-20(12-10-19)27(31)32)23(15-21-6-4-13-35-21)24(28(33)34)16-22-7-5-14-36-22/h4-7,9-14,17H,2-3,8,15-16,18H2,1H3,(H,31,32)(H,33,34)/b24-23-. The predicted molar refractivity (Wildman–Crippen MR) is 144 cm³/mol. The Hall–Kier alpha value is -3.49. The molecule has 0 spiro atoms. The first-order valence-electron chi connectivity index (χ1n) is 11.8. The molecule has 4 aromatic rings. The van der Waals surface area contributed by atoms with Gasteiger partial charge in [0.25, 0.3) is 0 Å². The molecule has 0 saturated carbocycles. The summed E-state index contributed by atoms with van der Waals surface area (Å²) >= 11 is 3.16. The van der Waals surface area contributed by atoms with Crippen LogP contribution in [0.25, 0.3) is 5.57 Å². The average molecular weight is 521 g/mol. The molecule has 0 fully saturated rings. The van der Waals surface area contributed by atoms with Crippen LogP contribution in [0.4, 0.5) is 0 Å². The highest BCUT2D eigenvalue weighted by atomic mass is 32.1. The molecule has 0 unspecified atom stereocenters. The summed E-state index contributed by atoms with van der Waals surface area (Å²) < 4.78 is 2.10. The van der Waals surface area contributed by atoms with Gasteiger partial charge in [-0.2, -0.15) is 0 Å². The van der Waals surface area contributed by atoms with E-state index in [1.54, 1.807) is 41.0 Å². The molecule has 0 aliphatic heterocycles. The third-order valence-electron chi connectivity index (χ3n) is 6.03. The Morgan fingerprint density at radius 2 is 1.61 bits per heavy atom. The van der Waals surface area contributed by atoms with Gasteiger partial charge in [-0.05, 0) is 52.6 Å². The summed E-state index contributed by atoms with van der Waals surface area (Å²) in [6.07, 6.45) is 5.42. The van der Waals surface area contributed by atoms with E-state index < -0.39 is 11.9 Å². The van der Waals surface area contributed by atoms with Crippen molar-refractivity contribution in [2.45, 2.75) is 45.6 Å². The summed E-state index contributed by atoms with van der Waals surface area (Å²) in [7, 11) is 0. The summed E-state index contributed by atoms with van der Waals surface area (Å²) in [6.45, 7) is 2.61. The highest BCUT2D eigenvalue weighted by Crippen LogP contribution is 2.30. The molecular weight excluding hydrogens is 492 g/mol. The van der Waals surface area contributed by atoms with E-state index in [0.29, 0.717) is 25.0 Å². The van der Waals surface area contributed by atoms with Crippen molar-refractivity contribution in [2.24, 2.45) is 0 Å². The van der Waals surface area contributed by atoms with Gasteiger partial charge in [0.1, 0.15) is 5.82 Å². The lowest BCUT2D eigenvalue weighted by Gasteiger charge is -2.17. The molecule has 0 bridgehead atoms. The van der Waals surface area contributed by atoms with Gasteiger partial charge < -0.3 is 14.8 Å². The zero-order valence-corrected chi connectivity index (χ0v) is 21.6.